The second-order valence-electron chi connectivity index (χ2n) is 3.98. The van der Waals surface area contributed by atoms with E-state index in [1.54, 1.807) is 0 Å². The summed E-state index contributed by atoms with van der Waals surface area (Å²) in [6, 6.07) is 5.48. The van der Waals surface area contributed by atoms with Gasteiger partial charge < -0.3 is 0 Å². The van der Waals surface area contributed by atoms with E-state index in [-0.39, 0.29) is 22.3 Å². The number of hydrogen-bond donors (Lipinski definition) is 3. The van der Waals surface area contributed by atoms with Gasteiger partial charge in [0, 0.05) is 12.5 Å². The lowest BCUT2D eigenvalue weighted by molar-refractivity contribution is -0.385. The topological polar surface area (TPSA) is 113 Å². The highest BCUT2D eigenvalue weighted by atomic mass is 32.1. The van der Waals surface area contributed by atoms with Crippen LogP contribution < -0.4 is 16.2 Å². The van der Waals surface area contributed by atoms with Gasteiger partial charge in [0.25, 0.3) is 11.6 Å². The quantitative estimate of drug-likeness (QED) is 0.435. The third-order valence-electron chi connectivity index (χ3n) is 2.36. The van der Waals surface area contributed by atoms with E-state index in [1.807, 2.05) is 6.92 Å². The van der Waals surface area contributed by atoms with Crippen LogP contribution in [-0.2, 0) is 4.79 Å². The number of carbonyl (C=O) groups is 2. The number of hydrazine groups is 1. The summed E-state index contributed by atoms with van der Waals surface area (Å²) < 4.78 is 0. The number of thiocarbonyl (C=S) groups is 1. The lowest BCUT2D eigenvalue weighted by atomic mass is 10.1. The monoisotopic (exact) mass is 310 g/mol. The highest BCUT2D eigenvalue weighted by Gasteiger charge is 2.19. The SMILES string of the molecule is CCCC(=O)NNC(=S)NC(=O)c1ccccc1[N+](=O)[O-]. The molecule has 8 nitrogen and oxygen atoms in total. The Kier molecular flexibility index (Phi) is 6.21. The lowest BCUT2D eigenvalue weighted by Gasteiger charge is -2.10. The lowest BCUT2D eigenvalue weighted by Crippen LogP contribution is -2.48. The molecule has 0 aliphatic rings. The molecule has 3 N–H and O–H groups in total. The van der Waals surface area contributed by atoms with Gasteiger partial charge in [-0.15, -0.1) is 0 Å². The number of hydrogen-bond acceptors (Lipinski definition) is 5. The fourth-order valence-corrected chi connectivity index (χ4v) is 1.59. The van der Waals surface area contributed by atoms with Crippen LogP contribution in [0.1, 0.15) is 30.1 Å². The highest BCUT2D eigenvalue weighted by molar-refractivity contribution is 7.80. The van der Waals surface area contributed by atoms with Gasteiger partial charge >= 0.3 is 0 Å². The van der Waals surface area contributed by atoms with E-state index in [4.69, 9.17) is 12.2 Å². The van der Waals surface area contributed by atoms with Crippen LogP contribution in [0.25, 0.3) is 0 Å². The molecule has 21 heavy (non-hydrogen) atoms. The van der Waals surface area contributed by atoms with Gasteiger partial charge in [-0.3, -0.25) is 35.9 Å². The number of nitro benzene ring substituents is 1. The minimum absolute atomic E-state index is 0.119. The van der Waals surface area contributed by atoms with Gasteiger partial charge in [0.1, 0.15) is 5.56 Å². The van der Waals surface area contributed by atoms with Gasteiger partial charge in [-0.1, -0.05) is 19.1 Å². The van der Waals surface area contributed by atoms with E-state index in [0.717, 1.165) is 0 Å². The molecule has 9 heteroatoms. The minimum atomic E-state index is -0.732. The Labute approximate surface area is 126 Å². The number of rotatable bonds is 4. The summed E-state index contributed by atoms with van der Waals surface area (Å²) in [4.78, 5) is 33.3. The molecule has 0 radical (unpaired) electrons. The standard InChI is InChI=1S/C12H14N4O4S/c1-2-5-10(17)14-15-12(21)13-11(18)8-6-3-4-7-9(8)16(19)20/h3-4,6-7H,2,5H2,1H3,(H,14,17)(H2,13,15,18,21). The second kappa shape index (κ2) is 7.90. The summed E-state index contributed by atoms with van der Waals surface area (Å²) >= 11 is 4.81. The Morgan fingerprint density at radius 1 is 1.29 bits per heavy atom. The third kappa shape index (κ3) is 5.15. The Balaban J connectivity index is 2.63. The Morgan fingerprint density at radius 3 is 2.57 bits per heavy atom. The first-order valence-electron chi connectivity index (χ1n) is 6.09. The summed E-state index contributed by atoms with van der Waals surface area (Å²) in [6.07, 6.45) is 0.983. The minimum Gasteiger partial charge on any atom is -0.297 e. The molecule has 0 atom stereocenters. The van der Waals surface area contributed by atoms with Gasteiger partial charge in [-0.2, -0.15) is 0 Å². The van der Waals surface area contributed by atoms with Crippen molar-refractivity contribution in [3.63, 3.8) is 0 Å². The van der Waals surface area contributed by atoms with Gasteiger partial charge in [0.05, 0.1) is 4.92 Å². The molecule has 112 valence electrons. The van der Waals surface area contributed by atoms with Crippen LogP contribution in [0.4, 0.5) is 5.69 Å². The first kappa shape index (κ1) is 16.5. The van der Waals surface area contributed by atoms with Gasteiger partial charge in [0.15, 0.2) is 5.11 Å². The van der Waals surface area contributed by atoms with Crippen LogP contribution in [0.2, 0.25) is 0 Å². The molecule has 1 aromatic carbocycles. The fourth-order valence-electron chi connectivity index (χ4n) is 1.44. The summed E-state index contributed by atoms with van der Waals surface area (Å²) in [5.74, 6) is -1.01. The van der Waals surface area contributed by atoms with Crippen molar-refractivity contribution in [2.75, 3.05) is 0 Å². The molecular weight excluding hydrogens is 296 g/mol. The van der Waals surface area contributed by atoms with Crippen LogP contribution >= 0.6 is 12.2 Å². The van der Waals surface area contributed by atoms with E-state index in [0.29, 0.717) is 12.8 Å². The van der Waals surface area contributed by atoms with E-state index in [1.165, 1.54) is 24.3 Å². The zero-order valence-corrected chi connectivity index (χ0v) is 12.0. The van der Waals surface area contributed by atoms with Crippen molar-refractivity contribution in [1.82, 2.24) is 16.2 Å². The number of nitrogens with zero attached hydrogens (tertiary/aromatic N) is 1. The normalized spacial score (nSPS) is 9.57. The van der Waals surface area contributed by atoms with Crippen molar-refractivity contribution in [3.8, 4) is 0 Å². The number of para-hydroxylation sites is 1. The average Bonchev–Trinajstić information content (AvgIpc) is 2.45. The Morgan fingerprint density at radius 2 is 1.95 bits per heavy atom. The molecule has 0 aliphatic carbocycles. The Hall–Kier alpha value is -2.55. The average molecular weight is 310 g/mol. The molecule has 0 heterocycles. The van der Waals surface area contributed by atoms with E-state index < -0.39 is 10.8 Å². The first-order chi connectivity index (χ1) is 9.95. The molecule has 0 saturated carbocycles. The fraction of sp³-hybridized carbons (Fsp3) is 0.250. The highest BCUT2D eigenvalue weighted by Crippen LogP contribution is 2.17. The summed E-state index contributed by atoms with van der Waals surface area (Å²) in [5.41, 5.74) is 4.20. The Bertz CT molecular complexity index is 576. The van der Waals surface area contributed by atoms with Gasteiger partial charge in [-0.05, 0) is 24.7 Å². The summed E-state index contributed by atoms with van der Waals surface area (Å²) in [6.45, 7) is 1.84. The van der Waals surface area contributed by atoms with Crippen molar-refractivity contribution in [3.05, 3.63) is 39.9 Å². The van der Waals surface area contributed by atoms with Crippen molar-refractivity contribution in [2.24, 2.45) is 0 Å². The van der Waals surface area contributed by atoms with E-state index >= 15 is 0 Å². The van der Waals surface area contributed by atoms with Gasteiger partial charge in [0.2, 0.25) is 5.91 Å². The number of benzene rings is 1. The first-order valence-corrected chi connectivity index (χ1v) is 6.50. The van der Waals surface area contributed by atoms with E-state index in [2.05, 4.69) is 16.2 Å². The molecule has 0 unspecified atom stereocenters. The molecule has 1 rings (SSSR count). The van der Waals surface area contributed by atoms with Crippen LogP contribution in [0.5, 0.6) is 0 Å². The zero-order valence-electron chi connectivity index (χ0n) is 11.2. The molecule has 0 saturated heterocycles. The predicted octanol–water partition coefficient (Wildman–Crippen LogP) is 1.03. The van der Waals surface area contributed by atoms with Gasteiger partial charge in [-0.25, -0.2) is 0 Å². The molecule has 0 aliphatic heterocycles. The van der Waals surface area contributed by atoms with Crippen molar-refractivity contribution >= 4 is 34.8 Å². The molecule has 0 fully saturated rings. The second-order valence-corrected chi connectivity index (χ2v) is 4.39. The molecular formula is C12H14N4O4S. The van der Waals surface area contributed by atoms with Crippen LogP contribution in [0.3, 0.4) is 0 Å². The predicted molar refractivity (Wildman–Crippen MR) is 79.3 cm³/mol. The smallest absolute Gasteiger partial charge is 0.282 e. The van der Waals surface area contributed by atoms with Crippen LogP contribution in [0, 0.1) is 10.1 Å². The molecule has 0 spiro atoms. The molecule has 0 aromatic heterocycles. The van der Waals surface area contributed by atoms with Crippen molar-refractivity contribution in [2.45, 2.75) is 19.8 Å². The van der Waals surface area contributed by atoms with Crippen LogP contribution in [-0.4, -0.2) is 21.9 Å². The molecule has 0 bridgehead atoms. The number of amides is 2. The van der Waals surface area contributed by atoms with Crippen molar-refractivity contribution < 1.29 is 14.5 Å². The van der Waals surface area contributed by atoms with E-state index in [9.17, 15) is 19.7 Å². The third-order valence-corrected chi connectivity index (χ3v) is 2.57. The maximum Gasteiger partial charge on any atom is 0.282 e. The molecule has 2 amide bonds. The van der Waals surface area contributed by atoms with Crippen molar-refractivity contribution in [1.29, 1.82) is 0 Å². The van der Waals surface area contributed by atoms with Crippen LogP contribution in [0.15, 0.2) is 24.3 Å². The number of nitrogens with one attached hydrogen (secondary N) is 3. The largest absolute Gasteiger partial charge is 0.297 e. The number of carbonyl (C=O) groups excluding carboxylic acids is 2. The summed E-state index contributed by atoms with van der Waals surface area (Å²) in [7, 11) is 0. The number of nitro groups is 1. The molecule has 1 aromatic rings. The maximum atomic E-state index is 11.9. The maximum absolute atomic E-state index is 11.9. The zero-order chi connectivity index (χ0) is 15.8. The summed E-state index contributed by atoms with van der Waals surface area (Å²) in [5, 5.41) is 12.9.